The topological polar surface area (TPSA) is 491 Å². The lowest BCUT2D eigenvalue weighted by molar-refractivity contribution is -0.137. The first kappa shape index (κ1) is 72.9. The molecule has 0 spiro atoms. The quantitative estimate of drug-likeness (QED) is 0.0310. The van der Waals surface area contributed by atoms with E-state index >= 15 is 0 Å². The largest absolute Gasteiger partial charge is 0.391 e. The molecule has 1 aliphatic rings. The van der Waals surface area contributed by atoms with Crippen LogP contribution in [-0.4, -0.2) is 187 Å². The first-order chi connectivity index (χ1) is 38.3. The van der Waals surface area contributed by atoms with Crippen LogP contribution in [0.3, 0.4) is 0 Å². The van der Waals surface area contributed by atoms with Gasteiger partial charge in [-0.15, -0.1) is 0 Å². The Morgan fingerprint density at radius 3 is 1.47 bits per heavy atom. The summed E-state index contributed by atoms with van der Waals surface area (Å²) in [6.45, 7) is 10.8. The molecular formula is C52H98N16O13. The van der Waals surface area contributed by atoms with E-state index in [1.54, 1.807) is 20.8 Å². The minimum absolute atomic E-state index is 0.0125. The minimum Gasteiger partial charge on any atom is -0.391 e. The van der Waals surface area contributed by atoms with Crippen molar-refractivity contribution >= 4 is 65.0 Å². The molecule has 29 nitrogen and oxygen atoms in total. The molecular weight excluding hydrogens is 1060 g/mol. The average Bonchev–Trinajstić information content (AvgIpc) is 3.40. The Hall–Kier alpha value is -6.11. The number of aliphatic hydroxyl groups is 2. The highest BCUT2D eigenvalue weighted by molar-refractivity contribution is 5.99. The summed E-state index contributed by atoms with van der Waals surface area (Å²) < 4.78 is 0. The zero-order chi connectivity index (χ0) is 61.4. The normalized spacial score (nSPS) is 23.5. The van der Waals surface area contributed by atoms with Gasteiger partial charge in [-0.3, -0.25) is 52.7 Å². The summed E-state index contributed by atoms with van der Waals surface area (Å²) in [5.74, 6) is -9.28. The van der Waals surface area contributed by atoms with Crippen molar-refractivity contribution in [3.63, 3.8) is 0 Å². The van der Waals surface area contributed by atoms with Gasteiger partial charge in [0.15, 0.2) is 0 Å². The zero-order valence-corrected chi connectivity index (χ0v) is 48.5. The van der Waals surface area contributed by atoms with Gasteiger partial charge >= 0.3 is 0 Å². The molecule has 0 bridgehead atoms. The molecule has 1 heterocycles. The molecule has 1 fully saturated rings. The number of nitrogens with one attached hydrogen (secondary N) is 11. The monoisotopic (exact) mass is 1150 g/mol. The summed E-state index contributed by atoms with van der Waals surface area (Å²) in [7, 11) is 0. The third-order valence-corrected chi connectivity index (χ3v) is 13.5. The van der Waals surface area contributed by atoms with Crippen LogP contribution in [0.2, 0.25) is 0 Å². The maximum atomic E-state index is 14.4. The zero-order valence-electron chi connectivity index (χ0n) is 48.5. The number of carbonyl (C=O) groups is 11. The Kier molecular flexibility index (Phi) is 35.4. The molecule has 0 aromatic carbocycles. The van der Waals surface area contributed by atoms with E-state index in [2.05, 4.69) is 72.3 Å². The lowest BCUT2D eigenvalue weighted by atomic mass is 10.0. The molecule has 81 heavy (non-hydrogen) atoms. The Bertz CT molecular complexity index is 2030. The highest BCUT2D eigenvalue weighted by Gasteiger charge is 2.37. The summed E-state index contributed by atoms with van der Waals surface area (Å²) in [4.78, 5) is 152. The number of aliphatic hydroxyl groups excluding tert-OH is 2. The number of carbonyl (C=O) groups excluding carboxylic acids is 11. The first-order valence-electron chi connectivity index (χ1n) is 28.5. The molecule has 0 aliphatic carbocycles. The van der Waals surface area contributed by atoms with Gasteiger partial charge in [0, 0.05) is 13.0 Å². The van der Waals surface area contributed by atoms with Crippen LogP contribution in [0, 0.1) is 11.8 Å². The van der Waals surface area contributed by atoms with Crippen LogP contribution < -0.4 is 87.2 Å². The minimum atomic E-state index is -1.69. The second kappa shape index (κ2) is 39.3. The molecule has 11 amide bonds. The van der Waals surface area contributed by atoms with Crippen molar-refractivity contribution in [2.45, 2.75) is 211 Å². The summed E-state index contributed by atoms with van der Waals surface area (Å²) >= 11 is 0. The fourth-order valence-electron chi connectivity index (χ4n) is 8.62. The number of amides is 11. The predicted molar refractivity (Wildman–Crippen MR) is 301 cm³/mol. The molecule has 1 saturated heterocycles. The molecule has 13 atom stereocenters. The van der Waals surface area contributed by atoms with Gasteiger partial charge in [0.25, 0.3) is 0 Å². The fourth-order valence-corrected chi connectivity index (χ4v) is 8.62. The van der Waals surface area contributed by atoms with E-state index in [4.69, 9.17) is 28.7 Å². The lowest BCUT2D eigenvalue weighted by Crippen LogP contribution is -2.62. The van der Waals surface area contributed by atoms with Gasteiger partial charge in [0.05, 0.1) is 12.2 Å². The standard InChI is InChI=1S/C52H98N16O13/c1-8-12-32-43(72)61-34(16-22-54)44(73)63-37(19-25-57)49(78)67-41(30(6)69)51(80)58-26-20-38(47(76)62-35(17-23-55)46(75)66-39(27-28(3)4)50(79)60-32)64-45(74)36(18-24-56)65-52(81)42(31(7)70)68-48(77)33(15-21-53)59-40(71)14-11-10-13-29(5)9-2/h28-39,41-42,69-70H,8-27,53-57H2,1-7H3,(H,58,80)(H,59,71)(H,60,79)(H,61,72)(H,62,76)(H,63,73)(H,64,74)(H,65,81)(H,66,75)(H,67,78)(H,68,77)/t29-,30+,31+,32-,33-,34-,35-,36-,37-,38-,39+,41-,42-/m0/s1. The second-order valence-corrected chi connectivity index (χ2v) is 21.1. The first-order valence-corrected chi connectivity index (χ1v) is 28.5. The Balaban J connectivity index is 3.78. The highest BCUT2D eigenvalue weighted by atomic mass is 16.3. The molecule has 464 valence electrons. The van der Waals surface area contributed by atoms with Crippen molar-refractivity contribution in [3.05, 3.63) is 0 Å². The highest BCUT2D eigenvalue weighted by Crippen LogP contribution is 2.13. The Morgan fingerprint density at radius 1 is 0.543 bits per heavy atom. The molecule has 0 unspecified atom stereocenters. The summed E-state index contributed by atoms with van der Waals surface area (Å²) in [6, 6.07) is -14.4. The third kappa shape index (κ3) is 27.0. The molecule has 0 aromatic heterocycles. The van der Waals surface area contributed by atoms with Crippen LogP contribution in [0.5, 0.6) is 0 Å². The van der Waals surface area contributed by atoms with Gasteiger partial charge in [-0.2, -0.15) is 0 Å². The molecule has 0 aromatic rings. The smallest absolute Gasteiger partial charge is 0.245 e. The molecule has 0 saturated carbocycles. The second-order valence-electron chi connectivity index (χ2n) is 21.1. The molecule has 0 radical (unpaired) electrons. The Morgan fingerprint density at radius 2 is 1.01 bits per heavy atom. The summed E-state index contributed by atoms with van der Waals surface area (Å²) in [6.07, 6.45) is -0.345. The van der Waals surface area contributed by atoms with Gasteiger partial charge in [-0.05, 0) is 116 Å². The predicted octanol–water partition coefficient (Wildman–Crippen LogP) is -5.69. The van der Waals surface area contributed by atoms with Crippen LogP contribution in [0.4, 0.5) is 0 Å². The van der Waals surface area contributed by atoms with Crippen molar-refractivity contribution in [2.75, 3.05) is 39.3 Å². The van der Waals surface area contributed by atoms with Gasteiger partial charge in [0.2, 0.25) is 65.0 Å². The van der Waals surface area contributed by atoms with E-state index in [0.29, 0.717) is 18.8 Å². The van der Waals surface area contributed by atoms with E-state index in [0.717, 1.165) is 19.3 Å². The number of hydrogen-bond donors (Lipinski definition) is 18. The lowest BCUT2D eigenvalue weighted by Gasteiger charge is -2.29. The molecule has 1 aliphatic heterocycles. The fraction of sp³-hybridized carbons (Fsp3) is 0.788. The molecule has 1 rings (SSSR count). The van der Waals surface area contributed by atoms with Crippen molar-refractivity contribution in [3.8, 4) is 0 Å². The van der Waals surface area contributed by atoms with Crippen molar-refractivity contribution in [1.29, 1.82) is 0 Å². The number of nitrogens with two attached hydrogens (primary N) is 5. The third-order valence-electron chi connectivity index (χ3n) is 13.5. The summed E-state index contributed by atoms with van der Waals surface area (Å²) in [5, 5.41) is 49.4. The van der Waals surface area contributed by atoms with Crippen LogP contribution in [0.25, 0.3) is 0 Å². The van der Waals surface area contributed by atoms with E-state index in [-0.39, 0.29) is 90.0 Å². The van der Waals surface area contributed by atoms with E-state index in [1.807, 2.05) is 0 Å². The van der Waals surface area contributed by atoms with Gasteiger partial charge in [-0.1, -0.05) is 60.3 Å². The van der Waals surface area contributed by atoms with E-state index in [9.17, 15) is 63.0 Å². The van der Waals surface area contributed by atoms with E-state index < -0.39 is 151 Å². The average molecular weight is 1160 g/mol. The maximum absolute atomic E-state index is 14.4. The molecule has 23 N–H and O–H groups in total. The van der Waals surface area contributed by atoms with Gasteiger partial charge in [0.1, 0.15) is 60.4 Å². The number of rotatable bonds is 29. The maximum Gasteiger partial charge on any atom is 0.245 e. The van der Waals surface area contributed by atoms with Crippen molar-refractivity contribution in [1.82, 2.24) is 58.5 Å². The van der Waals surface area contributed by atoms with Crippen LogP contribution >= 0.6 is 0 Å². The van der Waals surface area contributed by atoms with Crippen LogP contribution in [-0.2, 0) is 52.7 Å². The van der Waals surface area contributed by atoms with Crippen molar-refractivity contribution < 1.29 is 63.0 Å². The number of hydrogen-bond acceptors (Lipinski definition) is 18. The summed E-state index contributed by atoms with van der Waals surface area (Å²) in [5.41, 5.74) is 29.2. The van der Waals surface area contributed by atoms with Crippen LogP contribution in [0.15, 0.2) is 0 Å². The van der Waals surface area contributed by atoms with Gasteiger partial charge in [-0.25, -0.2) is 0 Å². The SMILES string of the molecule is CCC[C@@H]1NC(=O)[C@@H](CC(C)C)NC(=O)[C@H](CCN)NC(=O)[C@@H](NC(=O)[C@H](CCN)NC(=O)[C@@H](NC(=O)[C@H](CCN)NC(=O)CCCC[C@@H](C)CC)[C@@H](C)O)CCNC(=O)[C@H]([C@@H](C)O)NC(=O)[C@H](CCN)NC(=O)[C@H](CCN)NC1=O. The Labute approximate surface area is 475 Å². The van der Waals surface area contributed by atoms with Crippen LogP contribution in [0.1, 0.15) is 138 Å². The number of unbranched alkanes of at least 4 members (excludes halogenated alkanes) is 1. The molecule has 29 heteroatoms. The van der Waals surface area contributed by atoms with Gasteiger partial charge < -0.3 is 97.4 Å². The van der Waals surface area contributed by atoms with E-state index in [1.165, 1.54) is 13.8 Å². The van der Waals surface area contributed by atoms with Crippen molar-refractivity contribution in [2.24, 2.45) is 40.5 Å².